The van der Waals surface area contributed by atoms with Crippen LogP contribution in [0.25, 0.3) is 11.3 Å². The smallest absolute Gasteiger partial charge is 0.266 e. The summed E-state index contributed by atoms with van der Waals surface area (Å²) < 4.78 is 29.3. The molecule has 2 aromatic rings. The summed E-state index contributed by atoms with van der Waals surface area (Å²) >= 11 is 1.17. The fourth-order valence-corrected chi connectivity index (χ4v) is 5.24. The Kier molecular flexibility index (Phi) is 4.65. The lowest BCUT2D eigenvalue weighted by molar-refractivity contribution is 0.554. The minimum atomic E-state index is -3.48. The highest BCUT2D eigenvalue weighted by Gasteiger charge is 2.24. The van der Waals surface area contributed by atoms with E-state index in [1.165, 1.54) is 22.1 Å². The van der Waals surface area contributed by atoms with Crippen molar-refractivity contribution in [2.45, 2.75) is 49.4 Å². The molecule has 1 aliphatic rings. The number of nitrogens with one attached hydrogen (secondary N) is 1. The number of nitrogens with zero attached hydrogens (tertiary/aromatic N) is 2. The first-order chi connectivity index (χ1) is 11.0. The molecule has 3 rings (SSSR count). The van der Waals surface area contributed by atoms with Crippen LogP contribution in [0, 0.1) is 0 Å². The van der Waals surface area contributed by atoms with Crippen LogP contribution in [0.2, 0.25) is 0 Å². The lowest BCUT2D eigenvalue weighted by Crippen LogP contribution is -2.32. The number of hydrogen-bond acceptors (Lipinski definition) is 5. The summed E-state index contributed by atoms with van der Waals surface area (Å²) in [7, 11) is -3.48. The number of hydrogen-bond donors (Lipinski definition) is 1. The van der Waals surface area contributed by atoms with E-state index in [0.717, 1.165) is 25.7 Å². The highest BCUT2D eigenvalue weighted by molar-refractivity contribution is 7.91. The van der Waals surface area contributed by atoms with Crippen LogP contribution in [-0.4, -0.2) is 24.2 Å². The van der Waals surface area contributed by atoms with Crippen LogP contribution in [0.4, 0.5) is 0 Å². The van der Waals surface area contributed by atoms with Crippen molar-refractivity contribution in [1.29, 1.82) is 0 Å². The second-order valence-corrected chi connectivity index (χ2v) is 8.48. The van der Waals surface area contributed by atoms with Crippen LogP contribution >= 0.6 is 11.3 Å². The molecule has 0 radical (unpaired) electrons. The Hall–Kier alpha value is -1.51. The zero-order valence-corrected chi connectivity index (χ0v) is 14.5. The van der Waals surface area contributed by atoms with E-state index in [0.29, 0.717) is 17.8 Å². The average Bonchev–Trinajstić information content (AvgIpc) is 3.19. The largest absolute Gasteiger partial charge is 0.268 e. The summed E-state index contributed by atoms with van der Waals surface area (Å²) in [6.45, 7) is 2.32. The Labute approximate surface area is 139 Å². The van der Waals surface area contributed by atoms with Crippen molar-refractivity contribution in [3.8, 4) is 11.3 Å². The van der Waals surface area contributed by atoms with E-state index in [-0.39, 0.29) is 15.8 Å². The summed E-state index contributed by atoms with van der Waals surface area (Å²) in [5.74, 6) is 0. The van der Waals surface area contributed by atoms with Crippen molar-refractivity contribution in [2.75, 3.05) is 0 Å². The molecule has 1 N–H and O–H groups in total. The highest BCUT2D eigenvalue weighted by Crippen LogP contribution is 2.28. The molecule has 2 heterocycles. The van der Waals surface area contributed by atoms with Gasteiger partial charge < -0.3 is 0 Å². The number of sulfonamides is 1. The molecule has 1 saturated carbocycles. The number of thiophene rings is 1. The Morgan fingerprint density at radius 2 is 2.09 bits per heavy atom. The monoisotopic (exact) mass is 353 g/mol. The molecule has 0 aliphatic heterocycles. The van der Waals surface area contributed by atoms with Crippen molar-refractivity contribution < 1.29 is 8.42 Å². The highest BCUT2D eigenvalue weighted by atomic mass is 32.2. The zero-order chi connectivity index (χ0) is 16.4. The molecular weight excluding hydrogens is 334 g/mol. The summed E-state index contributed by atoms with van der Waals surface area (Å²) in [4.78, 5) is 11.6. The zero-order valence-electron chi connectivity index (χ0n) is 12.9. The van der Waals surface area contributed by atoms with Crippen LogP contribution in [0.5, 0.6) is 0 Å². The second-order valence-electron chi connectivity index (χ2n) is 5.63. The molecule has 0 saturated heterocycles. The minimum absolute atomic E-state index is 0.0469. The first kappa shape index (κ1) is 16.4. The Bertz CT molecular complexity index is 849. The van der Waals surface area contributed by atoms with Gasteiger partial charge in [0.1, 0.15) is 4.21 Å². The molecule has 0 atom stereocenters. The molecule has 0 amide bonds. The molecule has 1 fully saturated rings. The first-order valence-corrected chi connectivity index (χ1v) is 10.1. The molecular formula is C15H19N3O3S2. The third-order valence-electron chi connectivity index (χ3n) is 3.98. The van der Waals surface area contributed by atoms with Gasteiger partial charge in [-0.25, -0.2) is 17.8 Å². The van der Waals surface area contributed by atoms with E-state index in [2.05, 4.69) is 9.82 Å². The van der Waals surface area contributed by atoms with Gasteiger partial charge in [-0.1, -0.05) is 12.8 Å². The summed E-state index contributed by atoms with van der Waals surface area (Å²) in [6.07, 6.45) is 3.96. The van der Waals surface area contributed by atoms with Crippen LogP contribution in [0.3, 0.4) is 0 Å². The SMILES string of the molecule is CCn1nc(-c2csc(S(=O)(=O)NC3CCCC3)c2)ccc1=O. The van der Waals surface area contributed by atoms with Gasteiger partial charge in [-0.05, 0) is 31.9 Å². The van der Waals surface area contributed by atoms with Crippen LogP contribution in [-0.2, 0) is 16.6 Å². The van der Waals surface area contributed by atoms with Gasteiger partial charge in [0.15, 0.2) is 0 Å². The van der Waals surface area contributed by atoms with Crippen molar-refractivity contribution in [2.24, 2.45) is 0 Å². The van der Waals surface area contributed by atoms with Crippen molar-refractivity contribution in [1.82, 2.24) is 14.5 Å². The molecule has 0 spiro atoms. The number of rotatable bonds is 5. The minimum Gasteiger partial charge on any atom is -0.268 e. The Morgan fingerprint density at radius 3 is 2.78 bits per heavy atom. The van der Waals surface area contributed by atoms with Crippen molar-refractivity contribution in [3.05, 3.63) is 33.9 Å². The maximum absolute atomic E-state index is 12.4. The normalized spacial score (nSPS) is 16.0. The molecule has 0 bridgehead atoms. The van der Waals surface area contributed by atoms with E-state index in [9.17, 15) is 13.2 Å². The van der Waals surface area contributed by atoms with E-state index in [1.54, 1.807) is 17.5 Å². The van der Waals surface area contributed by atoms with Gasteiger partial charge in [-0.3, -0.25) is 4.79 Å². The molecule has 0 aromatic carbocycles. The third-order valence-corrected chi connectivity index (χ3v) is 6.94. The predicted molar refractivity (Wildman–Crippen MR) is 90.1 cm³/mol. The van der Waals surface area contributed by atoms with Gasteiger partial charge in [-0.2, -0.15) is 5.10 Å². The first-order valence-electron chi connectivity index (χ1n) is 7.69. The molecule has 6 nitrogen and oxygen atoms in total. The standard InChI is InChI=1S/C15H19N3O3S2/c1-2-18-14(19)8-7-13(16-18)11-9-15(22-10-11)23(20,21)17-12-5-3-4-6-12/h7-10,12,17H,2-6H2,1H3. The molecule has 0 unspecified atom stereocenters. The lowest BCUT2D eigenvalue weighted by atomic mass is 10.2. The predicted octanol–water partition coefficient (Wildman–Crippen LogP) is 2.21. The summed E-state index contributed by atoms with van der Waals surface area (Å²) in [5.41, 5.74) is 1.15. The topological polar surface area (TPSA) is 81.1 Å². The van der Waals surface area contributed by atoms with E-state index >= 15 is 0 Å². The maximum atomic E-state index is 12.4. The van der Waals surface area contributed by atoms with E-state index < -0.39 is 10.0 Å². The van der Waals surface area contributed by atoms with Crippen LogP contribution in [0.1, 0.15) is 32.6 Å². The van der Waals surface area contributed by atoms with E-state index in [4.69, 9.17) is 0 Å². The fraction of sp³-hybridized carbons (Fsp3) is 0.467. The number of aromatic nitrogens is 2. The third kappa shape index (κ3) is 3.54. The second kappa shape index (κ2) is 6.54. The van der Waals surface area contributed by atoms with Crippen molar-refractivity contribution in [3.63, 3.8) is 0 Å². The van der Waals surface area contributed by atoms with Gasteiger partial charge in [0.2, 0.25) is 10.0 Å². The van der Waals surface area contributed by atoms with Crippen LogP contribution < -0.4 is 10.3 Å². The molecule has 2 aromatic heterocycles. The molecule has 124 valence electrons. The average molecular weight is 353 g/mol. The van der Waals surface area contributed by atoms with Gasteiger partial charge in [-0.15, -0.1) is 11.3 Å². The van der Waals surface area contributed by atoms with Gasteiger partial charge in [0, 0.05) is 29.6 Å². The maximum Gasteiger partial charge on any atom is 0.266 e. The number of aryl methyl sites for hydroxylation is 1. The fourth-order valence-electron chi connectivity index (χ4n) is 2.74. The van der Waals surface area contributed by atoms with Crippen molar-refractivity contribution >= 4 is 21.4 Å². The van der Waals surface area contributed by atoms with Gasteiger partial charge >= 0.3 is 0 Å². The Balaban J connectivity index is 1.86. The molecule has 1 aliphatic carbocycles. The van der Waals surface area contributed by atoms with E-state index in [1.807, 2.05) is 6.92 Å². The summed E-state index contributed by atoms with van der Waals surface area (Å²) in [6, 6.07) is 4.74. The lowest BCUT2D eigenvalue weighted by Gasteiger charge is -2.10. The van der Waals surface area contributed by atoms with Crippen LogP contribution in [0.15, 0.2) is 32.6 Å². The van der Waals surface area contributed by atoms with Gasteiger partial charge in [0.05, 0.1) is 5.69 Å². The Morgan fingerprint density at radius 1 is 1.35 bits per heavy atom. The molecule has 23 heavy (non-hydrogen) atoms. The quantitative estimate of drug-likeness (QED) is 0.893. The molecule has 8 heteroatoms. The summed E-state index contributed by atoms with van der Waals surface area (Å²) in [5, 5.41) is 6.02. The van der Waals surface area contributed by atoms with Gasteiger partial charge in [0.25, 0.3) is 5.56 Å².